The van der Waals surface area contributed by atoms with Gasteiger partial charge in [-0.3, -0.25) is 0 Å². The molecular formula is C16H23NO2. The Labute approximate surface area is 115 Å². The van der Waals surface area contributed by atoms with Crippen molar-refractivity contribution in [1.29, 1.82) is 0 Å². The first-order valence-electron chi connectivity index (χ1n) is 6.96. The third-order valence-electron chi connectivity index (χ3n) is 3.16. The van der Waals surface area contributed by atoms with E-state index in [1.54, 1.807) is 0 Å². The van der Waals surface area contributed by atoms with Crippen LogP contribution in [0.25, 0.3) is 0 Å². The number of ether oxygens (including phenoxy) is 2. The molecule has 0 aromatic heterocycles. The Morgan fingerprint density at radius 1 is 1.26 bits per heavy atom. The Morgan fingerprint density at radius 3 is 2.74 bits per heavy atom. The Balaban J connectivity index is 1.64. The van der Waals surface area contributed by atoms with E-state index < -0.39 is 0 Å². The quantitative estimate of drug-likeness (QED) is 0.786. The van der Waals surface area contributed by atoms with Gasteiger partial charge in [0, 0.05) is 13.1 Å². The van der Waals surface area contributed by atoms with Crippen LogP contribution < -0.4 is 0 Å². The van der Waals surface area contributed by atoms with E-state index in [2.05, 4.69) is 36.2 Å². The van der Waals surface area contributed by atoms with Crippen LogP contribution in [0.15, 0.2) is 42.6 Å². The zero-order valence-corrected chi connectivity index (χ0v) is 11.6. The standard InChI is InChI=1S/C16H23NO2/c1-15(7-8-17-9-11-18-12-10-17)13-19-14-16-5-3-2-4-6-16/h2-8,15H,9-14H2,1H3/b8-7+/t15-/m1/s1. The highest BCUT2D eigenvalue weighted by Gasteiger charge is 2.06. The molecule has 3 nitrogen and oxygen atoms in total. The number of morpholine rings is 1. The smallest absolute Gasteiger partial charge is 0.0717 e. The molecular weight excluding hydrogens is 238 g/mol. The minimum atomic E-state index is 0.437. The van der Waals surface area contributed by atoms with Gasteiger partial charge in [0.05, 0.1) is 26.4 Å². The summed E-state index contributed by atoms with van der Waals surface area (Å²) < 4.78 is 11.0. The van der Waals surface area contributed by atoms with E-state index >= 15 is 0 Å². The zero-order chi connectivity index (χ0) is 13.3. The minimum Gasteiger partial charge on any atom is -0.378 e. The first-order chi connectivity index (χ1) is 9.34. The molecule has 1 heterocycles. The van der Waals surface area contributed by atoms with E-state index in [4.69, 9.17) is 9.47 Å². The molecule has 104 valence electrons. The predicted molar refractivity (Wildman–Crippen MR) is 76.8 cm³/mol. The van der Waals surface area contributed by atoms with Crippen molar-refractivity contribution in [3.8, 4) is 0 Å². The van der Waals surface area contributed by atoms with Gasteiger partial charge in [0.2, 0.25) is 0 Å². The molecule has 0 amide bonds. The summed E-state index contributed by atoms with van der Waals surface area (Å²) in [5.74, 6) is 0.437. The molecule has 1 atom stereocenters. The Kier molecular flexibility index (Phi) is 5.92. The average molecular weight is 261 g/mol. The molecule has 1 aromatic carbocycles. The fourth-order valence-corrected chi connectivity index (χ4v) is 1.99. The number of benzene rings is 1. The number of rotatable bonds is 6. The van der Waals surface area contributed by atoms with E-state index in [9.17, 15) is 0 Å². The summed E-state index contributed by atoms with van der Waals surface area (Å²) in [7, 11) is 0. The van der Waals surface area contributed by atoms with Crippen molar-refractivity contribution in [1.82, 2.24) is 4.90 Å². The number of nitrogens with zero attached hydrogens (tertiary/aromatic N) is 1. The second-order valence-electron chi connectivity index (χ2n) is 4.97. The summed E-state index contributed by atoms with van der Waals surface area (Å²) >= 11 is 0. The fraction of sp³-hybridized carbons (Fsp3) is 0.500. The van der Waals surface area contributed by atoms with Crippen molar-refractivity contribution in [2.75, 3.05) is 32.9 Å². The topological polar surface area (TPSA) is 21.7 Å². The largest absolute Gasteiger partial charge is 0.378 e. The SMILES string of the molecule is C[C@H](/C=C/N1CCOCC1)COCc1ccccc1. The van der Waals surface area contributed by atoms with Crippen LogP contribution in [-0.2, 0) is 16.1 Å². The van der Waals surface area contributed by atoms with Crippen LogP contribution >= 0.6 is 0 Å². The minimum absolute atomic E-state index is 0.437. The average Bonchev–Trinajstić information content (AvgIpc) is 2.47. The zero-order valence-electron chi connectivity index (χ0n) is 11.6. The van der Waals surface area contributed by atoms with Gasteiger partial charge < -0.3 is 14.4 Å². The highest BCUT2D eigenvalue weighted by atomic mass is 16.5. The second-order valence-corrected chi connectivity index (χ2v) is 4.97. The van der Waals surface area contributed by atoms with Gasteiger partial charge in [0.15, 0.2) is 0 Å². The maximum absolute atomic E-state index is 5.73. The molecule has 19 heavy (non-hydrogen) atoms. The summed E-state index contributed by atoms with van der Waals surface area (Å²) in [6.07, 6.45) is 4.40. The lowest BCUT2D eigenvalue weighted by Gasteiger charge is -2.25. The van der Waals surface area contributed by atoms with Gasteiger partial charge in [-0.2, -0.15) is 0 Å². The molecule has 0 unspecified atom stereocenters. The fourth-order valence-electron chi connectivity index (χ4n) is 1.99. The van der Waals surface area contributed by atoms with Crippen LogP contribution in [0.3, 0.4) is 0 Å². The van der Waals surface area contributed by atoms with E-state index in [1.165, 1.54) is 5.56 Å². The number of hydrogen-bond acceptors (Lipinski definition) is 3. The van der Waals surface area contributed by atoms with E-state index in [0.717, 1.165) is 32.9 Å². The Hall–Kier alpha value is -1.32. The molecule has 0 aliphatic carbocycles. The van der Waals surface area contributed by atoms with Crippen molar-refractivity contribution >= 4 is 0 Å². The molecule has 1 aromatic rings. The summed E-state index contributed by atoms with van der Waals surface area (Å²) in [5.41, 5.74) is 1.23. The van der Waals surface area contributed by atoms with E-state index in [0.29, 0.717) is 12.5 Å². The van der Waals surface area contributed by atoms with Crippen LogP contribution in [0.5, 0.6) is 0 Å². The molecule has 1 aliphatic heterocycles. The van der Waals surface area contributed by atoms with Crippen molar-refractivity contribution in [2.24, 2.45) is 5.92 Å². The summed E-state index contributed by atoms with van der Waals surface area (Å²) in [6.45, 7) is 7.29. The lowest BCUT2D eigenvalue weighted by atomic mass is 10.2. The third kappa shape index (κ3) is 5.45. The van der Waals surface area contributed by atoms with Gasteiger partial charge in [0.1, 0.15) is 0 Å². The maximum atomic E-state index is 5.73. The summed E-state index contributed by atoms with van der Waals surface area (Å²) in [4.78, 5) is 2.30. The van der Waals surface area contributed by atoms with Crippen LogP contribution in [-0.4, -0.2) is 37.8 Å². The lowest BCUT2D eigenvalue weighted by Crippen LogP contribution is -2.32. The van der Waals surface area contributed by atoms with Crippen LogP contribution in [0, 0.1) is 5.92 Å². The third-order valence-corrected chi connectivity index (χ3v) is 3.16. The van der Waals surface area contributed by atoms with Gasteiger partial charge in [-0.25, -0.2) is 0 Å². The monoisotopic (exact) mass is 261 g/mol. The maximum Gasteiger partial charge on any atom is 0.0717 e. The molecule has 3 heteroatoms. The first-order valence-corrected chi connectivity index (χ1v) is 6.96. The summed E-state index contributed by atoms with van der Waals surface area (Å²) in [6, 6.07) is 10.3. The lowest BCUT2D eigenvalue weighted by molar-refractivity contribution is 0.0586. The molecule has 0 radical (unpaired) electrons. The highest BCUT2D eigenvalue weighted by molar-refractivity contribution is 5.13. The Bertz CT molecular complexity index is 372. The highest BCUT2D eigenvalue weighted by Crippen LogP contribution is 2.05. The van der Waals surface area contributed by atoms with Crippen LogP contribution in [0.2, 0.25) is 0 Å². The van der Waals surface area contributed by atoms with E-state index in [1.807, 2.05) is 18.2 Å². The molecule has 0 spiro atoms. The first kappa shape index (κ1) is 14.1. The van der Waals surface area contributed by atoms with Gasteiger partial charge >= 0.3 is 0 Å². The van der Waals surface area contributed by atoms with E-state index in [-0.39, 0.29) is 0 Å². The van der Waals surface area contributed by atoms with Crippen LogP contribution in [0.4, 0.5) is 0 Å². The molecule has 0 saturated carbocycles. The van der Waals surface area contributed by atoms with Gasteiger partial charge in [0.25, 0.3) is 0 Å². The number of hydrogen-bond donors (Lipinski definition) is 0. The second kappa shape index (κ2) is 7.97. The molecule has 1 aliphatic rings. The molecule has 1 saturated heterocycles. The van der Waals surface area contributed by atoms with Crippen molar-refractivity contribution in [3.63, 3.8) is 0 Å². The van der Waals surface area contributed by atoms with Crippen molar-refractivity contribution in [3.05, 3.63) is 48.2 Å². The van der Waals surface area contributed by atoms with Crippen molar-refractivity contribution < 1.29 is 9.47 Å². The van der Waals surface area contributed by atoms with Gasteiger partial charge in [-0.1, -0.05) is 43.3 Å². The predicted octanol–water partition coefficient (Wildman–Crippen LogP) is 2.69. The van der Waals surface area contributed by atoms with Crippen LogP contribution in [0.1, 0.15) is 12.5 Å². The molecule has 2 rings (SSSR count). The summed E-state index contributed by atoms with van der Waals surface area (Å²) in [5, 5.41) is 0. The molecule has 0 bridgehead atoms. The molecule has 0 N–H and O–H groups in total. The van der Waals surface area contributed by atoms with Gasteiger partial charge in [-0.15, -0.1) is 0 Å². The Morgan fingerprint density at radius 2 is 2.00 bits per heavy atom. The van der Waals surface area contributed by atoms with Gasteiger partial charge in [-0.05, 0) is 17.7 Å². The molecule has 1 fully saturated rings. The van der Waals surface area contributed by atoms with Crippen molar-refractivity contribution in [2.45, 2.75) is 13.5 Å². The normalized spacial score (nSPS) is 17.8.